The highest BCUT2D eigenvalue weighted by molar-refractivity contribution is 9.10. The van der Waals surface area contributed by atoms with Crippen LogP contribution in [0.4, 0.5) is 0 Å². The van der Waals surface area contributed by atoms with Crippen LogP contribution in [-0.4, -0.2) is 54.3 Å². The predicted octanol–water partition coefficient (Wildman–Crippen LogP) is 5.57. The Morgan fingerprint density at radius 2 is 1.21 bits per heavy atom. The lowest BCUT2D eigenvalue weighted by molar-refractivity contribution is 0.397. The van der Waals surface area contributed by atoms with E-state index in [0.717, 1.165) is 22.4 Å². The van der Waals surface area contributed by atoms with Gasteiger partial charge in [-0.15, -0.1) is 10.2 Å². The number of hydrogen-bond donors (Lipinski definition) is 0. The van der Waals surface area contributed by atoms with E-state index in [2.05, 4.69) is 31.3 Å². The van der Waals surface area contributed by atoms with E-state index in [4.69, 9.17) is 14.2 Å². The molecule has 5 rings (SSSR count). The third kappa shape index (κ3) is 7.04. The van der Waals surface area contributed by atoms with Gasteiger partial charge in [-0.3, -0.25) is 0 Å². The van der Waals surface area contributed by atoms with Crippen molar-refractivity contribution in [3.05, 3.63) is 112 Å². The molecular formula is C31H30BrN5O5S. The van der Waals surface area contributed by atoms with Crippen LogP contribution in [0.5, 0.6) is 17.2 Å². The Balaban J connectivity index is 1.51. The Morgan fingerprint density at radius 3 is 1.70 bits per heavy atom. The highest BCUT2D eigenvalue weighted by atomic mass is 79.9. The summed E-state index contributed by atoms with van der Waals surface area (Å²) < 4.78 is 46.7. The lowest BCUT2D eigenvalue weighted by atomic mass is 10.2. The molecule has 0 saturated carbocycles. The monoisotopic (exact) mass is 663 g/mol. The molecule has 12 heteroatoms. The van der Waals surface area contributed by atoms with Gasteiger partial charge in [-0.25, -0.2) is 8.42 Å². The van der Waals surface area contributed by atoms with Gasteiger partial charge in [-0.1, -0.05) is 42.5 Å². The number of methoxy groups -OCH3 is 3. The van der Waals surface area contributed by atoms with Crippen molar-refractivity contribution in [2.24, 2.45) is 0 Å². The van der Waals surface area contributed by atoms with Crippen molar-refractivity contribution in [1.82, 2.24) is 24.5 Å². The summed E-state index contributed by atoms with van der Waals surface area (Å²) in [5, 5.41) is 13.0. The van der Waals surface area contributed by atoms with Gasteiger partial charge in [0.25, 0.3) is 0 Å². The largest absolute Gasteiger partial charge is 0.497 e. The van der Waals surface area contributed by atoms with Gasteiger partial charge in [0.2, 0.25) is 15.8 Å². The van der Waals surface area contributed by atoms with Crippen molar-refractivity contribution in [3.63, 3.8) is 0 Å². The fourth-order valence-electron chi connectivity index (χ4n) is 4.47. The quantitative estimate of drug-likeness (QED) is 0.171. The van der Waals surface area contributed by atoms with Crippen molar-refractivity contribution in [3.8, 4) is 28.6 Å². The maximum absolute atomic E-state index is 14.5. The van der Waals surface area contributed by atoms with E-state index in [-0.39, 0.29) is 23.8 Å². The van der Waals surface area contributed by atoms with Crippen molar-refractivity contribution in [1.29, 1.82) is 0 Å². The molecule has 0 spiro atoms. The number of hydrogen-bond acceptors (Lipinski definition) is 8. The molecule has 0 bridgehead atoms. The van der Waals surface area contributed by atoms with Gasteiger partial charge in [-0.05, 0) is 86.4 Å². The fraction of sp³-hybridized carbons (Fsp3) is 0.194. The predicted molar refractivity (Wildman–Crippen MR) is 165 cm³/mol. The minimum Gasteiger partial charge on any atom is -0.497 e. The first-order valence-corrected chi connectivity index (χ1v) is 15.5. The van der Waals surface area contributed by atoms with Crippen LogP contribution in [0.25, 0.3) is 11.4 Å². The fourth-order valence-corrected chi connectivity index (χ4v) is 6.78. The minimum absolute atomic E-state index is 0.0629. The number of sulfonamides is 1. The zero-order chi connectivity index (χ0) is 30.4. The maximum atomic E-state index is 14.5. The number of benzene rings is 4. The second-order valence-electron chi connectivity index (χ2n) is 9.57. The van der Waals surface area contributed by atoms with E-state index in [0.29, 0.717) is 28.1 Å². The Hall–Kier alpha value is -4.26. The normalized spacial score (nSPS) is 11.5. The van der Waals surface area contributed by atoms with Crippen molar-refractivity contribution in [2.75, 3.05) is 21.3 Å². The molecule has 0 amide bonds. The van der Waals surface area contributed by atoms with E-state index >= 15 is 0 Å². The molecule has 4 aromatic carbocycles. The second-order valence-corrected chi connectivity index (χ2v) is 12.3. The van der Waals surface area contributed by atoms with Gasteiger partial charge in [0.15, 0.2) is 0 Å². The second kappa shape index (κ2) is 13.4. The molecule has 0 atom stereocenters. The average molecular weight is 665 g/mol. The van der Waals surface area contributed by atoms with Crippen LogP contribution in [0.15, 0.2) is 100 Å². The van der Waals surface area contributed by atoms with Crippen molar-refractivity contribution in [2.45, 2.75) is 24.5 Å². The average Bonchev–Trinajstić information content (AvgIpc) is 3.49. The minimum atomic E-state index is -4.08. The number of tetrazole rings is 1. The molecule has 0 N–H and O–H groups in total. The third-order valence-electron chi connectivity index (χ3n) is 6.79. The first-order chi connectivity index (χ1) is 20.8. The molecular weight excluding hydrogens is 634 g/mol. The van der Waals surface area contributed by atoms with E-state index in [1.807, 2.05) is 72.8 Å². The summed E-state index contributed by atoms with van der Waals surface area (Å²) in [6, 6.07) is 27.2. The summed E-state index contributed by atoms with van der Waals surface area (Å²) >= 11 is 3.54. The summed E-state index contributed by atoms with van der Waals surface area (Å²) in [5.74, 6) is 2.30. The van der Waals surface area contributed by atoms with Crippen molar-refractivity contribution >= 4 is 26.0 Å². The van der Waals surface area contributed by atoms with Crippen LogP contribution in [0.3, 0.4) is 0 Å². The Morgan fingerprint density at radius 1 is 0.721 bits per heavy atom. The topological polar surface area (TPSA) is 109 Å². The smallest absolute Gasteiger partial charge is 0.244 e. The van der Waals surface area contributed by atoms with Gasteiger partial charge < -0.3 is 14.2 Å². The highest BCUT2D eigenvalue weighted by Crippen LogP contribution is 2.35. The SMILES string of the molecule is COc1ccc(CN(Cc2ccc(OC)cc2)S(=O)(=O)c2cccc(Br)c2-c2nnn(Cc3ccc(OC)cc3)n2)cc1. The van der Waals surface area contributed by atoms with Crippen LogP contribution in [0, 0.1) is 0 Å². The zero-order valence-corrected chi connectivity index (χ0v) is 26.2. The van der Waals surface area contributed by atoms with Crippen LogP contribution in [-0.2, 0) is 29.7 Å². The molecule has 1 heterocycles. The van der Waals surface area contributed by atoms with Gasteiger partial charge in [0, 0.05) is 17.6 Å². The molecule has 0 saturated heterocycles. The third-order valence-corrected chi connectivity index (χ3v) is 9.28. The Kier molecular flexibility index (Phi) is 9.39. The lowest BCUT2D eigenvalue weighted by Crippen LogP contribution is -2.30. The number of ether oxygens (including phenoxy) is 3. The van der Waals surface area contributed by atoms with E-state index in [1.54, 1.807) is 39.5 Å². The van der Waals surface area contributed by atoms with E-state index in [1.165, 1.54) is 9.10 Å². The van der Waals surface area contributed by atoms with Gasteiger partial charge in [0.1, 0.15) is 17.2 Å². The first-order valence-electron chi connectivity index (χ1n) is 13.3. The number of nitrogens with zero attached hydrogens (tertiary/aromatic N) is 5. The molecule has 0 aliphatic carbocycles. The standard InChI is InChI=1S/C31H30BrN5O5S/c1-40-25-13-7-22(8-14-25)19-36(20-23-9-15-26(41-2)16-10-23)43(38,39)29-6-4-5-28(32)30(29)31-33-35-37(34-31)21-24-11-17-27(42-3)18-12-24/h4-18H,19-21H2,1-3H3. The highest BCUT2D eigenvalue weighted by Gasteiger charge is 2.30. The molecule has 0 aliphatic rings. The van der Waals surface area contributed by atoms with E-state index in [9.17, 15) is 8.42 Å². The maximum Gasteiger partial charge on any atom is 0.244 e. The Labute approximate surface area is 259 Å². The van der Waals surface area contributed by atoms with Crippen LogP contribution >= 0.6 is 15.9 Å². The molecule has 43 heavy (non-hydrogen) atoms. The molecule has 0 fully saturated rings. The molecule has 10 nitrogen and oxygen atoms in total. The number of halogens is 1. The lowest BCUT2D eigenvalue weighted by Gasteiger charge is -2.24. The Bertz CT molecular complexity index is 1730. The van der Waals surface area contributed by atoms with Gasteiger partial charge >= 0.3 is 0 Å². The summed E-state index contributed by atoms with van der Waals surface area (Å²) in [5.41, 5.74) is 2.88. The molecule has 222 valence electrons. The summed E-state index contributed by atoms with van der Waals surface area (Å²) in [6.07, 6.45) is 0. The van der Waals surface area contributed by atoms with Crippen LogP contribution in [0.2, 0.25) is 0 Å². The molecule has 0 unspecified atom stereocenters. The number of aromatic nitrogens is 4. The van der Waals surface area contributed by atoms with Crippen LogP contribution in [0.1, 0.15) is 16.7 Å². The summed E-state index contributed by atoms with van der Waals surface area (Å²) in [7, 11) is 0.710. The molecule has 0 aliphatic heterocycles. The van der Waals surface area contributed by atoms with Crippen molar-refractivity contribution < 1.29 is 22.6 Å². The summed E-state index contributed by atoms with van der Waals surface area (Å²) in [4.78, 5) is 1.49. The molecule has 5 aromatic rings. The van der Waals surface area contributed by atoms with Gasteiger partial charge in [0.05, 0.1) is 38.3 Å². The molecule has 1 aromatic heterocycles. The van der Waals surface area contributed by atoms with E-state index < -0.39 is 10.0 Å². The number of rotatable bonds is 12. The summed E-state index contributed by atoms with van der Waals surface area (Å²) in [6.45, 7) is 0.606. The molecule has 0 radical (unpaired) electrons. The first kappa shape index (κ1) is 30.2. The zero-order valence-electron chi connectivity index (χ0n) is 23.8. The van der Waals surface area contributed by atoms with Crippen LogP contribution < -0.4 is 14.2 Å². The van der Waals surface area contributed by atoms with Gasteiger partial charge in [-0.2, -0.15) is 9.10 Å².